The fourth-order valence-electron chi connectivity index (χ4n) is 4.97. The van der Waals surface area contributed by atoms with E-state index in [1.165, 1.54) is 25.0 Å². The summed E-state index contributed by atoms with van der Waals surface area (Å²) in [4.78, 5) is 32.6. The fourth-order valence-corrected chi connectivity index (χ4v) is 4.97. The van der Waals surface area contributed by atoms with E-state index in [2.05, 4.69) is 10.3 Å². The van der Waals surface area contributed by atoms with Crippen LogP contribution in [0.15, 0.2) is 42.5 Å². The van der Waals surface area contributed by atoms with Crippen LogP contribution in [0.3, 0.4) is 0 Å². The second kappa shape index (κ2) is 10.2. The van der Waals surface area contributed by atoms with Crippen molar-refractivity contribution in [1.82, 2.24) is 14.5 Å². The summed E-state index contributed by atoms with van der Waals surface area (Å²) in [5, 5.41) is 12.0. The van der Waals surface area contributed by atoms with E-state index in [1.807, 2.05) is 23.1 Å². The molecule has 2 aliphatic rings. The number of hydrogen-bond acceptors (Lipinski definition) is 4. The zero-order valence-electron chi connectivity index (χ0n) is 20.3. The van der Waals surface area contributed by atoms with Crippen molar-refractivity contribution in [3.8, 4) is 0 Å². The molecule has 7 nitrogen and oxygen atoms in total. The number of hydrogen-bond donors (Lipinski definition) is 2. The zero-order chi connectivity index (χ0) is 26.2. The van der Waals surface area contributed by atoms with Gasteiger partial charge in [0.25, 0.3) is 5.91 Å². The van der Waals surface area contributed by atoms with Crippen LogP contribution in [-0.4, -0.2) is 51.1 Å². The average molecular weight is 515 g/mol. The first-order valence-electron chi connectivity index (χ1n) is 12.6. The molecule has 1 saturated heterocycles. The summed E-state index contributed by atoms with van der Waals surface area (Å²) in [5.41, 5.74) is 1.09. The second-order valence-electron chi connectivity index (χ2n) is 9.87. The molecule has 1 aliphatic carbocycles. The standard InChI is InChI=1S/C27H29F3N4O3/c28-27(29,30)20-5-1-4-19(14-20)24(36)32-26-31-22-15-18(9-10-23(22)34(26)12-3-13-35)21-6-2-11-33(25(21)37)16-17-7-8-17/h1,4-5,9-10,14-15,17,21,35H,2-3,6-8,11-13,16H2,(H,31,32,36). The van der Waals surface area contributed by atoms with Crippen molar-refractivity contribution in [3.63, 3.8) is 0 Å². The van der Waals surface area contributed by atoms with Crippen molar-refractivity contribution in [2.24, 2.45) is 5.92 Å². The first-order chi connectivity index (χ1) is 17.7. The van der Waals surface area contributed by atoms with Gasteiger partial charge in [0, 0.05) is 31.8 Å². The highest BCUT2D eigenvalue weighted by atomic mass is 19.4. The molecular formula is C27H29F3N4O3. The molecule has 2 aromatic carbocycles. The third-order valence-electron chi connectivity index (χ3n) is 7.10. The van der Waals surface area contributed by atoms with Crippen LogP contribution < -0.4 is 5.32 Å². The molecule has 2 heterocycles. The van der Waals surface area contributed by atoms with Gasteiger partial charge in [-0.2, -0.15) is 13.2 Å². The number of anilines is 1. The molecule has 1 unspecified atom stereocenters. The van der Waals surface area contributed by atoms with Crippen molar-refractivity contribution in [1.29, 1.82) is 0 Å². The number of alkyl halides is 3. The number of rotatable bonds is 8. The quantitative estimate of drug-likeness (QED) is 0.452. The van der Waals surface area contributed by atoms with Crippen LogP contribution in [0.25, 0.3) is 11.0 Å². The number of benzene rings is 2. The van der Waals surface area contributed by atoms with Crippen LogP contribution in [0, 0.1) is 5.92 Å². The molecule has 0 spiro atoms. The third-order valence-corrected chi connectivity index (χ3v) is 7.10. The maximum Gasteiger partial charge on any atom is 0.416 e. The number of piperidine rings is 1. The van der Waals surface area contributed by atoms with Crippen LogP contribution in [-0.2, 0) is 17.5 Å². The number of carbonyl (C=O) groups is 2. The lowest BCUT2D eigenvalue weighted by molar-refractivity contribution is -0.137. The summed E-state index contributed by atoms with van der Waals surface area (Å²) in [6.07, 6.45) is -0.107. The molecule has 1 aromatic heterocycles. The number of likely N-dealkylation sites (tertiary alicyclic amines) is 1. The summed E-state index contributed by atoms with van der Waals surface area (Å²) in [5.74, 6) is -0.0354. The molecule has 2 N–H and O–H groups in total. The van der Waals surface area contributed by atoms with Crippen molar-refractivity contribution in [3.05, 3.63) is 59.2 Å². The number of amides is 2. The molecule has 1 aliphatic heterocycles. The van der Waals surface area contributed by atoms with E-state index < -0.39 is 17.6 Å². The zero-order valence-corrected chi connectivity index (χ0v) is 20.3. The maximum atomic E-state index is 13.2. The van der Waals surface area contributed by atoms with Gasteiger partial charge in [0.1, 0.15) is 0 Å². The van der Waals surface area contributed by atoms with E-state index in [9.17, 15) is 27.9 Å². The van der Waals surface area contributed by atoms with Gasteiger partial charge in [-0.1, -0.05) is 12.1 Å². The number of nitrogens with zero attached hydrogens (tertiary/aromatic N) is 3. The van der Waals surface area contributed by atoms with Gasteiger partial charge in [0.15, 0.2) is 0 Å². The number of imidazole rings is 1. The molecule has 2 fully saturated rings. The van der Waals surface area contributed by atoms with Gasteiger partial charge in [0.05, 0.1) is 22.5 Å². The normalized spacial score (nSPS) is 18.4. The molecule has 0 radical (unpaired) electrons. The Balaban J connectivity index is 1.43. The Morgan fingerprint density at radius 3 is 2.68 bits per heavy atom. The van der Waals surface area contributed by atoms with Crippen molar-refractivity contribution in [2.75, 3.05) is 25.0 Å². The largest absolute Gasteiger partial charge is 0.416 e. The number of aryl methyl sites for hydroxylation is 1. The van der Waals surface area contributed by atoms with Gasteiger partial charge in [-0.3, -0.25) is 14.9 Å². The summed E-state index contributed by atoms with van der Waals surface area (Å²) < 4.78 is 41.1. The predicted octanol–water partition coefficient (Wildman–Crippen LogP) is 4.81. The molecule has 5 rings (SSSR count). The van der Waals surface area contributed by atoms with Crippen molar-refractivity contribution in [2.45, 2.75) is 50.7 Å². The maximum absolute atomic E-state index is 13.2. The highest BCUT2D eigenvalue weighted by Gasteiger charge is 2.34. The molecule has 37 heavy (non-hydrogen) atoms. The first kappa shape index (κ1) is 25.3. The van der Waals surface area contributed by atoms with E-state index in [-0.39, 0.29) is 29.9 Å². The molecule has 0 bridgehead atoms. The lowest BCUT2D eigenvalue weighted by Crippen LogP contribution is -2.41. The number of fused-ring (bicyclic) bond motifs is 1. The topological polar surface area (TPSA) is 87.5 Å². The molecule has 10 heteroatoms. The first-order valence-corrected chi connectivity index (χ1v) is 12.6. The molecular weight excluding hydrogens is 485 g/mol. The third kappa shape index (κ3) is 5.49. The van der Waals surface area contributed by atoms with Gasteiger partial charge in [0.2, 0.25) is 11.9 Å². The number of aliphatic hydroxyl groups is 1. The number of halogens is 3. The minimum atomic E-state index is -4.56. The lowest BCUT2D eigenvalue weighted by atomic mass is 9.89. The van der Waals surface area contributed by atoms with Crippen LogP contribution in [0.2, 0.25) is 0 Å². The number of aromatic nitrogens is 2. The Kier molecular flexibility index (Phi) is 6.94. The minimum absolute atomic E-state index is 0.0772. The Labute approximate surface area is 212 Å². The second-order valence-corrected chi connectivity index (χ2v) is 9.87. The Morgan fingerprint density at radius 2 is 1.95 bits per heavy atom. The number of carbonyl (C=O) groups excluding carboxylic acids is 2. The van der Waals surface area contributed by atoms with E-state index in [1.54, 1.807) is 4.57 Å². The molecule has 1 saturated carbocycles. The van der Waals surface area contributed by atoms with Crippen LogP contribution in [0.4, 0.5) is 19.1 Å². The average Bonchev–Trinajstić information content (AvgIpc) is 3.63. The summed E-state index contributed by atoms with van der Waals surface area (Å²) >= 11 is 0. The number of aliphatic hydroxyl groups excluding tert-OH is 1. The highest BCUT2D eigenvalue weighted by molar-refractivity contribution is 6.04. The fraction of sp³-hybridized carbons (Fsp3) is 0.444. The van der Waals surface area contributed by atoms with Gasteiger partial charge < -0.3 is 14.6 Å². The number of nitrogens with one attached hydrogen (secondary N) is 1. The van der Waals surface area contributed by atoms with Crippen LogP contribution in [0.5, 0.6) is 0 Å². The van der Waals surface area contributed by atoms with Crippen molar-refractivity contribution >= 4 is 28.8 Å². The molecule has 3 aromatic rings. The monoisotopic (exact) mass is 514 g/mol. The predicted molar refractivity (Wildman–Crippen MR) is 132 cm³/mol. The summed E-state index contributed by atoms with van der Waals surface area (Å²) in [6.45, 7) is 1.88. The van der Waals surface area contributed by atoms with Gasteiger partial charge in [-0.25, -0.2) is 4.98 Å². The van der Waals surface area contributed by atoms with Crippen LogP contribution in [0.1, 0.15) is 59.5 Å². The molecule has 1 atom stereocenters. The lowest BCUT2D eigenvalue weighted by Gasteiger charge is -2.32. The smallest absolute Gasteiger partial charge is 0.396 e. The Bertz CT molecular complexity index is 1320. The van der Waals surface area contributed by atoms with E-state index in [4.69, 9.17) is 0 Å². The Morgan fingerprint density at radius 1 is 1.14 bits per heavy atom. The molecule has 196 valence electrons. The van der Waals surface area contributed by atoms with E-state index >= 15 is 0 Å². The van der Waals surface area contributed by atoms with Gasteiger partial charge in [-0.15, -0.1) is 0 Å². The summed E-state index contributed by atoms with van der Waals surface area (Å²) in [6, 6.07) is 9.82. The SMILES string of the molecule is O=C(Nc1nc2cc(C3CCCN(CC4CC4)C3=O)ccc2n1CCCO)c1cccc(C(F)(F)F)c1. The highest BCUT2D eigenvalue weighted by Crippen LogP contribution is 2.35. The van der Waals surface area contributed by atoms with E-state index in [0.29, 0.717) is 29.9 Å². The molecule has 2 amide bonds. The van der Waals surface area contributed by atoms with E-state index in [0.717, 1.165) is 43.6 Å². The minimum Gasteiger partial charge on any atom is -0.396 e. The summed E-state index contributed by atoms with van der Waals surface area (Å²) in [7, 11) is 0. The van der Waals surface area contributed by atoms with Crippen LogP contribution >= 0.6 is 0 Å². The van der Waals surface area contributed by atoms with Gasteiger partial charge in [-0.05, 0) is 73.9 Å². The Hall–Kier alpha value is -3.40. The van der Waals surface area contributed by atoms with Crippen molar-refractivity contribution < 1.29 is 27.9 Å². The van der Waals surface area contributed by atoms with Gasteiger partial charge >= 0.3 is 6.18 Å².